The molecule has 0 aliphatic carbocycles. The first-order chi connectivity index (χ1) is 12.6. The smallest absolute Gasteiger partial charge is 0.248 e. The first kappa shape index (κ1) is 16.6. The van der Waals surface area contributed by atoms with Crippen molar-refractivity contribution in [3.8, 4) is 11.1 Å². The van der Waals surface area contributed by atoms with Gasteiger partial charge in [0.05, 0.1) is 11.4 Å². The van der Waals surface area contributed by atoms with Crippen LogP contribution in [0.3, 0.4) is 0 Å². The van der Waals surface area contributed by atoms with Gasteiger partial charge in [-0.2, -0.15) is 0 Å². The highest BCUT2D eigenvalue weighted by Gasteiger charge is 2.24. The van der Waals surface area contributed by atoms with Crippen LogP contribution in [0.25, 0.3) is 11.1 Å². The zero-order valence-electron chi connectivity index (χ0n) is 14.3. The molecule has 0 saturated heterocycles. The number of likely N-dealkylation sites (N-methyl/N-ethyl adjacent to an activating group) is 1. The van der Waals surface area contributed by atoms with Gasteiger partial charge in [-0.05, 0) is 29.3 Å². The molecule has 1 aliphatic heterocycles. The van der Waals surface area contributed by atoms with Crippen LogP contribution in [0.2, 0.25) is 5.02 Å². The predicted molar refractivity (Wildman–Crippen MR) is 107 cm³/mol. The first-order valence-corrected chi connectivity index (χ1v) is 8.78. The lowest BCUT2D eigenvalue weighted by Gasteiger charge is -2.19. The summed E-state index contributed by atoms with van der Waals surface area (Å²) in [6.07, 6.45) is 0. The van der Waals surface area contributed by atoms with Gasteiger partial charge in [0.1, 0.15) is 6.54 Å². The fourth-order valence-electron chi connectivity index (χ4n) is 3.18. The van der Waals surface area contributed by atoms with E-state index < -0.39 is 0 Å². The highest BCUT2D eigenvalue weighted by Crippen LogP contribution is 2.32. The maximum atomic E-state index is 12.4. The SMILES string of the molecule is CN1C(=O)CN=C(c2ccccc2Cl)c2cc(-c3ccccc3)ccc21. The maximum absolute atomic E-state index is 12.4. The summed E-state index contributed by atoms with van der Waals surface area (Å²) in [6, 6.07) is 23.9. The van der Waals surface area contributed by atoms with Gasteiger partial charge in [0, 0.05) is 23.2 Å². The lowest BCUT2D eigenvalue weighted by Crippen LogP contribution is -2.27. The van der Waals surface area contributed by atoms with E-state index in [0.717, 1.165) is 33.7 Å². The number of hydrogen-bond donors (Lipinski definition) is 0. The van der Waals surface area contributed by atoms with E-state index in [1.807, 2.05) is 54.6 Å². The fourth-order valence-corrected chi connectivity index (χ4v) is 3.41. The van der Waals surface area contributed by atoms with E-state index in [0.29, 0.717) is 5.02 Å². The number of aliphatic imine (C=N–C) groups is 1. The van der Waals surface area contributed by atoms with Crippen LogP contribution in [0.15, 0.2) is 77.8 Å². The van der Waals surface area contributed by atoms with Crippen molar-refractivity contribution < 1.29 is 4.79 Å². The molecule has 0 spiro atoms. The summed E-state index contributed by atoms with van der Waals surface area (Å²) >= 11 is 6.43. The van der Waals surface area contributed by atoms with Gasteiger partial charge in [-0.3, -0.25) is 9.79 Å². The maximum Gasteiger partial charge on any atom is 0.248 e. The Balaban J connectivity index is 1.94. The molecule has 1 amide bonds. The van der Waals surface area contributed by atoms with Crippen molar-refractivity contribution in [1.82, 2.24) is 0 Å². The lowest BCUT2D eigenvalue weighted by molar-refractivity contribution is -0.116. The molecule has 4 heteroatoms. The monoisotopic (exact) mass is 360 g/mol. The molecular formula is C22H17ClN2O. The van der Waals surface area contributed by atoms with Gasteiger partial charge in [0.15, 0.2) is 0 Å². The second kappa shape index (κ2) is 6.77. The quantitative estimate of drug-likeness (QED) is 0.644. The van der Waals surface area contributed by atoms with Gasteiger partial charge in [-0.15, -0.1) is 0 Å². The van der Waals surface area contributed by atoms with Gasteiger partial charge in [-0.1, -0.05) is 66.2 Å². The summed E-state index contributed by atoms with van der Waals surface area (Å²) in [5.74, 6) is -0.0410. The zero-order chi connectivity index (χ0) is 18.1. The molecule has 0 fully saturated rings. The summed E-state index contributed by atoms with van der Waals surface area (Å²) in [5.41, 5.74) is 5.53. The molecule has 26 heavy (non-hydrogen) atoms. The van der Waals surface area contributed by atoms with Crippen LogP contribution < -0.4 is 4.90 Å². The standard InChI is InChI=1S/C22H17ClN2O/c1-25-20-12-11-16(15-7-3-2-4-8-15)13-18(20)22(24-14-21(25)26)17-9-5-6-10-19(17)23/h2-13H,14H2,1H3. The highest BCUT2D eigenvalue weighted by atomic mass is 35.5. The minimum absolute atomic E-state index is 0.0410. The van der Waals surface area contributed by atoms with E-state index in [4.69, 9.17) is 11.6 Å². The molecule has 4 rings (SSSR count). The van der Waals surface area contributed by atoms with Crippen LogP contribution in [0.5, 0.6) is 0 Å². The number of benzene rings is 3. The van der Waals surface area contributed by atoms with E-state index in [-0.39, 0.29) is 12.5 Å². The Morgan fingerprint density at radius 2 is 1.62 bits per heavy atom. The van der Waals surface area contributed by atoms with Crippen molar-refractivity contribution >= 4 is 28.9 Å². The number of amides is 1. The molecule has 0 N–H and O–H groups in total. The fraction of sp³-hybridized carbons (Fsp3) is 0.0909. The molecule has 128 valence electrons. The Kier molecular flexibility index (Phi) is 4.31. The molecule has 3 aromatic carbocycles. The molecule has 0 radical (unpaired) electrons. The van der Waals surface area contributed by atoms with Crippen molar-refractivity contribution in [3.05, 3.63) is 88.9 Å². The minimum atomic E-state index is -0.0410. The topological polar surface area (TPSA) is 32.7 Å². The number of halogens is 1. The van der Waals surface area contributed by atoms with Crippen LogP contribution in [0.4, 0.5) is 5.69 Å². The number of anilines is 1. The van der Waals surface area contributed by atoms with Gasteiger partial charge >= 0.3 is 0 Å². The number of nitrogens with zero attached hydrogens (tertiary/aromatic N) is 2. The Morgan fingerprint density at radius 1 is 0.885 bits per heavy atom. The predicted octanol–water partition coefficient (Wildman–Crippen LogP) is 4.82. The first-order valence-electron chi connectivity index (χ1n) is 8.41. The van der Waals surface area contributed by atoms with Gasteiger partial charge in [0.2, 0.25) is 5.91 Å². The lowest BCUT2D eigenvalue weighted by atomic mass is 9.95. The summed E-state index contributed by atoms with van der Waals surface area (Å²) in [6.45, 7) is 0.104. The Labute approximate surface area is 157 Å². The average molecular weight is 361 g/mol. The number of carbonyl (C=O) groups is 1. The zero-order valence-corrected chi connectivity index (χ0v) is 15.1. The van der Waals surface area contributed by atoms with Gasteiger partial charge in [0.25, 0.3) is 0 Å². The molecule has 1 aliphatic rings. The van der Waals surface area contributed by atoms with Crippen LogP contribution in [0, 0.1) is 0 Å². The van der Waals surface area contributed by atoms with Crippen molar-refractivity contribution in [1.29, 1.82) is 0 Å². The van der Waals surface area contributed by atoms with Gasteiger partial charge in [-0.25, -0.2) is 0 Å². The summed E-state index contributed by atoms with van der Waals surface area (Å²) in [5, 5.41) is 0.624. The highest BCUT2D eigenvalue weighted by molar-refractivity contribution is 6.36. The van der Waals surface area contributed by atoms with Crippen LogP contribution >= 0.6 is 11.6 Å². The van der Waals surface area contributed by atoms with E-state index in [1.54, 1.807) is 11.9 Å². The minimum Gasteiger partial charge on any atom is -0.313 e. The second-order valence-electron chi connectivity index (χ2n) is 6.20. The number of hydrogen-bond acceptors (Lipinski definition) is 2. The molecule has 0 atom stereocenters. The second-order valence-corrected chi connectivity index (χ2v) is 6.60. The molecular weight excluding hydrogens is 344 g/mol. The number of rotatable bonds is 2. The number of fused-ring (bicyclic) bond motifs is 1. The average Bonchev–Trinajstić information content (AvgIpc) is 2.80. The molecule has 3 nitrogen and oxygen atoms in total. The molecule has 3 aromatic rings. The summed E-state index contributed by atoms with van der Waals surface area (Å²) in [4.78, 5) is 18.6. The Morgan fingerprint density at radius 3 is 2.38 bits per heavy atom. The van der Waals surface area contributed by atoms with E-state index >= 15 is 0 Å². The summed E-state index contributed by atoms with van der Waals surface area (Å²) < 4.78 is 0. The van der Waals surface area contributed by atoms with E-state index in [2.05, 4.69) is 23.2 Å². The number of benzodiazepines with no additional fused rings is 1. The van der Waals surface area contributed by atoms with Crippen LogP contribution in [-0.2, 0) is 4.79 Å². The third-order valence-electron chi connectivity index (χ3n) is 4.60. The Hall–Kier alpha value is -2.91. The summed E-state index contributed by atoms with van der Waals surface area (Å²) in [7, 11) is 1.79. The Bertz CT molecular complexity index is 1010. The van der Waals surface area contributed by atoms with Crippen molar-refractivity contribution in [2.75, 3.05) is 18.5 Å². The van der Waals surface area contributed by atoms with Crippen molar-refractivity contribution in [2.24, 2.45) is 4.99 Å². The largest absolute Gasteiger partial charge is 0.313 e. The van der Waals surface area contributed by atoms with Crippen molar-refractivity contribution in [3.63, 3.8) is 0 Å². The van der Waals surface area contributed by atoms with Crippen LogP contribution in [-0.4, -0.2) is 25.2 Å². The molecule has 1 heterocycles. The van der Waals surface area contributed by atoms with E-state index in [9.17, 15) is 4.79 Å². The third kappa shape index (κ3) is 2.91. The van der Waals surface area contributed by atoms with E-state index in [1.165, 1.54) is 0 Å². The normalized spacial score (nSPS) is 13.8. The third-order valence-corrected chi connectivity index (χ3v) is 4.93. The molecule has 0 unspecified atom stereocenters. The van der Waals surface area contributed by atoms with Gasteiger partial charge < -0.3 is 4.90 Å². The van der Waals surface area contributed by atoms with Crippen molar-refractivity contribution in [2.45, 2.75) is 0 Å². The number of carbonyl (C=O) groups excluding carboxylic acids is 1. The molecule has 0 saturated carbocycles. The van der Waals surface area contributed by atoms with Crippen LogP contribution in [0.1, 0.15) is 11.1 Å². The molecule has 0 aromatic heterocycles. The molecule has 0 bridgehead atoms.